The van der Waals surface area contributed by atoms with E-state index in [-0.39, 0.29) is 20.4 Å². The van der Waals surface area contributed by atoms with E-state index >= 15 is 0 Å². The van der Waals surface area contributed by atoms with Crippen LogP contribution in [0.15, 0.2) is 14.5 Å². The Morgan fingerprint density at radius 3 is 2.79 bits per heavy atom. The monoisotopic (exact) mass is 326 g/mol. The van der Waals surface area contributed by atoms with Crippen LogP contribution in [-0.4, -0.2) is 34.8 Å². The Hall–Kier alpha value is -0.440. The van der Waals surface area contributed by atoms with Crippen molar-refractivity contribution in [1.29, 1.82) is 0 Å². The number of thiophene rings is 1. The molecule has 1 aromatic rings. The van der Waals surface area contributed by atoms with Crippen LogP contribution in [0, 0.1) is 0 Å². The number of sulfone groups is 2. The maximum Gasteiger partial charge on any atom is 0.190 e. The lowest BCUT2D eigenvalue weighted by Gasteiger charge is -2.27. The van der Waals surface area contributed by atoms with E-state index in [1.165, 1.54) is 19.9 Å². The largest absolute Gasteiger partial charge is 0.310 e. The first kappa shape index (κ1) is 11.2. The van der Waals surface area contributed by atoms with Gasteiger partial charge in [-0.15, -0.1) is 11.3 Å². The fourth-order valence-corrected chi connectivity index (χ4v) is 6.38. The van der Waals surface area contributed by atoms with Crippen molar-refractivity contribution in [3.8, 4) is 0 Å². The Bertz CT molecular complexity index is 810. The molecule has 1 aromatic heterocycles. The Labute approximate surface area is 122 Å². The molecule has 2 heterocycles. The van der Waals surface area contributed by atoms with E-state index in [4.69, 9.17) is 4.11 Å². The van der Waals surface area contributed by atoms with E-state index in [2.05, 4.69) is 5.32 Å². The molecule has 1 N–H and O–H groups in total. The van der Waals surface area contributed by atoms with Crippen molar-refractivity contribution >= 4 is 31.0 Å². The Morgan fingerprint density at radius 1 is 1.63 bits per heavy atom. The first-order valence-electron chi connectivity index (χ1n) is 7.04. The molecule has 1 aliphatic rings. The van der Waals surface area contributed by atoms with Crippen LogP contribution in [0.5, 0.6) is 0 Å². The van der Waals surface area contributed by atoms with Crippen LogP contribution < -0.4 is 5.32 Å². The second-order valence-corrected chi connectivity index (χ2v) is 10.3. The summed E-state index contributed by atoms with van der Waals surface area (Å²) >= 11 is 0.623. The molecule has 0 fully saturated rings. The molecule has 108 valence electrons. The summed E-state index contributed by atoms with van der Waals surface area (Å²) in [5.74, 6) is 0. The van der Waals surface area contributed by atoms with Crippen LogP contribution in [0.2, 0.25) is 0 Å². The predicted octanol–water partition coefficient (Wildman–Crippen LogP) is 1.37. The van der Waals surface area contributed by atoms with E-state index in [0.717, 1.165) is 6.26 Å². The minimum atomic E-state index is -3.72. The van der Waals surface area contributed by atoms with Gasteiger partial charge in [0.05, 0.1) is 6.62 Å². The summed E-state index contributed by atoms with van der Waals surface area (Å²) in [6.07, 6.45) is 0.814. The molecule has 0 spiro atoms. The van der Waals surface area contributed by atoms with Gasteiger partial charge in [-0.05, 0) is 31.5 Å². The smallest absolute Gasteiger partial charge is 0.190 e. The molecule has 0 amide bonds. The van der Waals surface area contributed by atoms with Gasteiger partial charge < -0.3 is 5.32 Å². The van der Waals surface area contributed by atoms with Crippen LogP contribution in [0.1, 0.15) is 36.0 Å². The molecule has 0 saturated heterocycles. The van der Waals surface area contributed by atoms with Crippen LogP contribution in [-0.2, 0) is 19.7 Å². The average molecular weight is 326 g/mol. The molecule has 2 atom stereocenters. The zero-order chi connectivity index (χ0) is 17.1. The number of hydrogen-bond donors (Lipinski definition) is 1. The van der Waals surface area contributed by atoms with Gasteiger partial charge in [-0.1, -0.05) is 6.92 Å². The highest BCUT2D eigenvalue weighted by atomic mass is 32.3. The maximum atomic E-state index is 12.4. The minimum absolute atomic E-state index is 0.00162. The topological polar surface area (TPSA) is 80.3 Å². The van der Waals surface area contributed by atoms with Gasteiger partial charge >= 0.3 is 0 Å². The third-order valence-corrected chi connectivity index (χ3v) is 8.56. The fraction of sp³-hybridized carbons (Fsp3) is 0.636. The number of hydrogen-bond acceptors (Lipinski definition) is 6. The first-order valence-corrected chi connectivity index (χ1v) is 9.80. The lowest BCUT2D eigenvalue weighted by Crippen LogP contribution is -2.33. The summed E-state index contributed by atoms with van der Waals surface area (Å²) < 4.78 is 71.6. The highest BCUT2D eigenvalue weighted by molar-refractivity contribution is 7.96. The Morgan fingerprint density at radius 2 is 2.26 bits per heavy atom. The lowest BCUT2D eigenvalue weighted by atomic mass is 10.1. The minimum Gasteiger partial charge on any atom is -0.310 e. The van der Waals surface area contributed by atoms with Gasteiger partial charge in [-0.2, -0.15) is 0 Å². The van der Waals surface area contributed by atoms with Crippen molar-refractivity contribution < 1.29 is 20.9 Å². The normalized spacial score (nSPS) is 33.0. The molecular weight excluding hydrogens is 306 g/mol. The lowest BCUT2D eigenvalue weighted by molar-refractivity contribution is 0.477. The number of fused-ring (bicyclic) bond motifs is 1. The molecule has 2 rings (SSSR count). The molecule has 19 heavy (non-hydrogen) atoms. The molecule has 0 aromatic carbocycles. The summed E-state index contributed by atoms with van der Waals surface area (Å²) in [7, 11) is -7.32. The molecule has 0 bridgehead atoms. The third kappa shape index (κ3) is 2.58. The Kier molecular flexibility index (Phi) is 2.86. The van der Waals surface area contributed by atoms with Crippen molar-refractivity contribution in [2.45, 2.75) is 40.0 Å². The van der Waals surface area contributed by atoms with Gasteiger partial charge in [0.15, 0.2) is 19.7 Å². The van der Waals surface area contributed by atoms with Crippen LogP contribution in [0.3, 0.4) is 0 Å². The summed E-state index contributed by atoms with van der Waals surface area (Å²) in [6.45, 7) is 0.752. The van der Waals surface area contributed by atoms with Crippen LogP contribution >= 0.6 is 11.3 Å². The molecule has 1 aliphatic heterocycles. The van der Waals surface area contributed by atoms with Crippen molar-refractivity contribution in [2.24, 2.45) is 0 Å². The Balaban J connectivity index is 2.73. The second-order valence-electron chi connectivity index (χ2n) is 4.45. The summed E-state index contributed by atoms with van der Waals surface area (Å²) in [4.78, 5) is 0. The SMILES string of the molecule is [2H]C([2H])(C)N[C@@]1([2H])C[C@H](C)S(=O)(=O)c2sc(S(C)(=O)=O)cc21. The van der Waals surface area contributed by atoms with E-state index < -0.39 is 37.4 Å². The van der Waals surface area contributed by atoms with Gasteiger partial charge in [0.1, 0.15) is 8.42 Å². The summed E-state index contributed by atoms with van der Waals surface area (Å²) in [5.41, 5.74) is 0.00162. The second kappa shape index (κ2) is 4.83. The van der Waals surface area contributed by atoms with Crippen LogP contribution in [0.4, 0.5) is 0 Å². The summed E-state index contributed by atoms with van der Waals surface area (Å²) in [6, 6.07) is -0.526. The van der Waals surface area contributed by atoms with Gasteiger partial charge in [0, 0.05) is 15.0 Å². The van der Waals surface area contributed by atoms with E-state index in [0.29, 0.717) is 11.3 Å². The summed E-state index contributed by atoms with van der Waals surface area (Å²) in [5, 5.41) is 1.57. The quantitative estimate of drug-likeness (QED) is 0.907. The van der Waals surface area contributed by atoms with Gasteiger partial charge in [0.2, 0.25) is 0 Å². The molecule has 8 heteroatoms. The van der Waals surface area contributed by atoms with Crippen molar-refractivity contribution in [2.75, 3.05) is 12.8 Å². The molecule has 0 radical (unpaired) electrons. The van der Waals surface area contributed by atoms with Gasteiger partial charge in [-0.3, -0.25) is 0 Å². The van der Waals surface area contributed by atoms with Crippen molar-refractivity contribution in [1.82, 2.24) is 5.32 Å². The number of rotatable bonds is 3. The first-order chi connectivity index (χ1) is 9.67. The zero-order valence-electron chi connectivity index (χ0n) is 13.7. The van der Waals surface area contributed by atoms with Crippen molar-refractivity contribution in [3.63, 3.8) is 0 Å². The highest BCUT2D eigenvalue weighted by Crippen LogP contribution is 2.42. The van der Waals surface area contributed by atoms with Gasteiger partial charge in [-0.25, -0.2) is 16.8 Å². The molecule has 0 saturated carbocycles. The molecule has 0 unspecified atom stereocenters. The maximum absolute atomic E-state index is 12.4. The third-order valence-electron chi connectivity index (χ3n) is 2.92. The molecule has 5 nitrogen and oxygen atoms in total. The van der Waals surface area contributed by atoms with E-state index in [1.54, 1.807) is 0 Å². The molecule has 0 aliphatic carbocycles. The van der Waals surface area contributed by atoms with Gasteiger partial charge in [0.25, 0.3) is 0 Å². The predicted molar refractivity (Wildman–Crippen MR) is 75.1 cm³/mol. The van der Waals surface area contributed by atoms with E-state index in [1.807, 2.05) is 0 Å². The zero-order valence-corrected chi connectivity index (χ0v) is 13.2. The fourth-order valence-electron chi connectivity index (χ4n) is 1.92. The number of nitrogens with one attached hydrogen (secondary N) is 1. The van der Waals surface area contributed by atoms with Crippen molar-refractivity contribution in [3.05, 3.63) is 11.6 Å². The van der Waals surface area contributed by atoms with E-state index in [9.17, 15) is 16.8 Å². The highest BCUT2D eigenvalue weighted by Gasteiger charge is 2.38. The molecular formula is C11H17NO4S3. The van der Waals surface area contributed by atoms with Crippen LogP contribution in [0.25, 0.3) is 0 Å². The average Bonchev–Trinajstić information content (AvgIpc) is 2.69. The standard InChI is InChI=1S/C11H17NO4S3/c1-4-12-9-5-7(2)19(15,16)11-8(9)6-10(17-11)18(3,13)14/h6-7,9,12H,4-5H2,1-3H3/t7-,9-/m0/s1/i4D2,9D.